The third kappa shape index (κ3) is 3.88. The van der Waals surface area contributed by atoms with Crippen molar-refractivity contribution < 1.29 is 19.2 Å². The van der Waals surface area contributed by atoms with Gasteiger partial charge in [-0.15, -0.1) is 0 Å². The minimum atomic E-state index is -0.740. The van der Waals surface area contributed by atoms with Gasteiger partial charge in [0.2, 0.25) is 5.91 Å². The lowest BCUT2D eigenvalue weighted by Crippen LogP contribution is -2.26. The number of non-ortho nitro benzene ring substituents is 2. The van der Waals surface area contributed by atoms with Crippen LogP contribution in [-0.4, -0.2) is 44.4 Å². The third-order valence-electron chi connectivity index (χ3n) is 3.25. The van der Waals surface area contributed by atoms with E-state index in [9.17, 15) is 25.0 Å². The van der Waals surface area contributed by atoms with E-state index >= 15 is 0 Å². The Morgan fingerprint density at radius 1 is 1.21 bits per heavy atom. The molecule has 24 heavy (non-hydrogen) atoms. The molecular formula is C13H13N5O6. The SMILES string of the molecule is CC(=O)N(C)CCc1noc(-c2cc([N+](=O)[O-])cc([N+](=O)[O-])c2)n1. The van der Waals surface area contributed by atoms with Gasteiger partial charge in [-0.2, -0.15) is 4.98 Å². The van der Waals surface area contributed by atoms with Gasteiger partial charge in [0, 0.05) is 39.1 Å². The molecule has 0 aliphatic heterocycles. The van der Waals surface area contributed by atoms with Crippen LogP contribution in [-0.2, 0) is 11.2 Å². The first kappa shape index (κ1) is 17.0. The second-order valence-electron chi connectivity index (χ2n) is 4.96. The fourth-order valence-corrected chi connectivity index (χ4v) is 1.83. The van der Waals surface area contributed by atoms with Crippen molar-refractivity contribution in [3.63, 3.8) is 0 Å². The van der Waals surface area contributed by atoms with E-state index in [-0.39, 0.29) is 23.2 Å². The van der Waals surface area contributed by atoms with Crippen LogP contribution in [0.25, 0.3) is 11.5 Å². The largest absolute Gasteiger partial charge is 0.346 e. The highest BCUT2D eigenvalue weighted by molar-refractivity contribution is 5.72. The molecule has 2 rings (SSSR count). The highest BCUT2D eigenvalue weighted by Gasteiger charge is 2.20. The topological polar surface area (TPSA) is 146 Å². The van der Waals surface area contributed by atoms with Gasteiger partial charge >= 0.3 is 0 Å². The molecule has 2 aromatic rings. The molecule has 1 amide bonds. The molecule has 11 nitrogen and oxygen atoms in total. The van der Waals surface area contributed by atoms with Crippen molar-refractivity contribution in [3.05, 3.63) is 44.3 Å². The molecule has 0 radical (unpaired) electrons. The van der Waals surface area contributed by atoms with Crippen molar-refractivity contribution >= 4 is 17.3 Å². The van der Waals surface area contributed by atoms with Crippen LogP contribution in [0.15, 0.2) is 22.7 Å². The molecule has 0 aliphatic rings. The van der Waals surface area contributed by atoms with Gasteiger partial charge in [-0.3, -0.25) is 25.0 Å². The molecule has 0 saturated carbocycles. The molecule has 0 bridgehead atoms. The first-order valence-corrected chi connectivity index (χ1v) is 6.76. The summed E-state index contributed by atoms with van der Waals surface area (Å²) in [6.07, 6.45) is 0.316. The maximum Gasteiger partial charge on any atom is 0.277 e. The van der Waals surface area contributed by atoms with Crippen LogP contribution >= 0.6 is 0 Å². The van der Waals surface area contributed by atoms with Crippen molar-refractivity contribution in [1.29, 1.82) is 0 Å². The first-order valence-electron chi connectivity index (χ1n) is 6.76. The van der Waals surface area contributed by atoms with Gasteiger partial charge in [-0.25, -0.2) is 0 Å². The van der Waals surface area contributed by atoms with Crippen molar-refractivity contribution in [2.75, 3.05) is 13.6 Å². The van der Waals surface area contributed by atoms with Crippen LogP contribution < -0.4 is 0 Å². The summed E-state index contributed by atoms with van der Waals surface area (Å²) in [6.45, 7) is 1.78. The number of likely N-dealkylation sites (N-methyl/N-ethyl adjacent to an activating group) is 1. The lowest BCUT2D eigenvalue weighted by Gasteiger charge is -2.12. The van der Waals surface area contributed by atoms with E-state index < -0.39 is 21.2 Å². The quantitative estimate of drug-likeness (QED) is 0.571. The summed E-state index contributed by atoms with van der Waals surface area (Å²) in [5, 5.41) is 25.5. The van der Waals surface area contributed by atoms with Gasteiger partial charge in [0.1, 0.15) is 0 Å². The van der Waals surface area contributed by atoms with Gasteiger partial charge in [0.05, 0.1) is 21.5 Å². The number of carbonyl (C=O) groups is 1. The number of nitro groups is 2. The number of rotatable bonds is 6. The van der Waals surface area contributed by atoms with E-state index in [1.165, 1.54) is 11.8 Å². The van der Waals surface area contributed by atoms with Crippen LogP contribution in [0.3, 0.4) is 0 Å². The molecule has 0 aliphatic carbocycles. The van der Waals surface area contributed by atoms with Crippen LogP contribution in [0.1, 0.15) is 12.7 Å². The summed E-state index contributed by atoms with van der Waals surface area (Å²) in [5.41, 5.74) is -0.819. The molecule has 0 atom stereocenters. The second kappa shape index (κ2) is 6.81. The standard InChI is InChI=1S/C13H13N5O6/c1-8(19)16(2)4-3-12-14-13(24-15-12)9-5-10(17(20)21)7-11(6-9)18(22)23/h5-7H,3-4H2,1-2H3. The van der Waals surface area contributed by atoms with Gasteiger partial charge in [0.15, 0.2) is 5.82 Å². The van der Waals surface area contributed by atoms with Crippen LogP contribution in [0.2, 0.25) is 0 Å². The Hall–Kier alpha value is -3.37. The number of carbonyl (C=O) groups excluding carboxylic acids is 1. The Labute approximate surface area is 135 Å². The summed E-state index contributed by atoms with van der Waals surface area (Å²) in [5.74, 6) is 0.0996. The molecule has 1 aromatic carbocycles. The molecule has 0 spiro atoms. The van der Waals surface area contributed by atoms with Crippen LogP contribution in [0, 0.1) is 20.2 Å². The Bertz CT molecular complexity index is 770. The van der Waals surface area contributed by atoms with Crippen molar-refractivity contribution in [3.8, 4) is 11.5 Å². The number of nitro benzene ring substituents is 2. The van der Waals surface area contributed by atoms with E-state index in [1.807, 2.05) is 0 Å². The number of nitrogens with zero attached hydrogens (tertiary/aromatic N) is 5. The summed E-state index contributed by atoms with van der Waals surface area (Å²) in [4.78, 5) is 36.9. The molecule has 126 valence electrons. The van der Waals surface area contributed by atoms with Gasteiger partial charge < -0.3 is 9.42 Å². The van der Waals surface area contributed by atoms with E-state index in [0.717, 1.165) is 18.2 Å². The van der Waals surface area contributed by atoms with E-state index in [2.05, 4.69) is 10.1 Å². The first-order chi connectivity index (χ1) is 11.3. The zero-order valence-corrected chi connectivity index (χ0v) is 12.8. The molecule has 1 heterocycles. The zero-order chi connectivity index (χ0) is 17.9. The zero-order valence-electron chi connectivity index (χ0n) is 12.8. The Morgan fingerprint density at radius 3 is 2.29 bits per heavy atom. The molecule has 0 fully saturated rings. The average Bonchev–Trinajstić information content (AvgIpc) is 3.00. The minimum absolute atomic E-state index is 0.0673. The highest BCUT2D eigenvalue weighted by Crippen LogP contribution is 2.28. The van der Waals surface area contributed by atoms with Crippen molar-refractivity contribution in [2.45, 2.75) is 13.3 Å². The van der Waals surface area contributed by atoms with Gasteiger partial charge in [-0.1, -0.05) is 5.16 Å². The molecule has 11 heteroatoms. The number of aromatic nitrogens is 2. The lowest BCUT2D eigenvalue weighted by molar-refractivity contribution is -0.394. The number of amides is 1. The van der Waals surface area contributed by atoms with E-state index in [1.54, 1.807) is 7.05 Å². The molecular weight excluding hydrogens is 322 g/mol. The highest BCUT2D eigenvalue weighted by atomic mass is 16.6. The number of benzene rings is 1. The monoisotopic (exact) mass is 335 g/mol. The Balaban J connectivity index is 2.27. The fourth-order valence-electron chi connectivity index (χ4n) is 1.83. The smallest absolute Gasteiger partial charge is 0.277 e. The van der Waals surface area contributed by atoms with E-state index in [0.29, 0.717) is 13.0 Å². The van der Waals surface area contributed by atoms with Crippen molar-refractivity contribution in [1.82, 2.24) is 15.0 Å². The Morgan fingerprint density at radius 2 is 1.79 bits per heavy atom. The second-order valence-corrected chi connectivity index (χ2v) is 4.96. The van der Waals surface area contributed by atoms with Gasteiger partial charge in [-0.05, 0) is 0 Å². The third-order valence-corrected chi connectivity index (χ3v) is 3.25. The number of hydrogen-bond acceptors (Lipinski definition) is 8. The predicted octanol–water partition coefficient (Wildman–Crippen LogP) is 1.57. The lowest BCUT2D eigenvalue weighted by atomic mass is 10.1. The molecule has 0 unspecified atom stereocenters. The molecule has 1 aromatic heterocycles. The Kier molecular flexibility index (Phi) is 4.82. The maximum atomic E-state index is 11.1. The summed E-state index contributed by atoms with van der Waals surface area (Å²) >= 11 is 0. The number of hydrogen-bond donors (Lipinski definition) is 0. The molecule has 0 saturated heterocycles. The van der Waals surface area contributed by atoms with Crippen LogP contribution in [0.4, 0.5) is 11.4 Å². The van der Waals surface area contributed by atoms with Crippen LogP contribution in [0.5, 0.6) is 0 Å². The normalized spacial score (nSPS) is 10.4. The summed E-state index contributed by atoms with van der Waals surface area (Å²) in [6, 6.07) is 3.08. The van der Waals surface area contributed by atoms with Gasteiger partial charge in [0.25, 0.3) is 17.3 Å². The average molecular weight is 335 g/mol. The summed E-state index contributed by atoms with van der Waals surface area (Å²) in [7, 11) is 1.62. The van der Waals surface area contributed by atoms with E-state index in [4.69, 9.17) is 4.52 Å². The molecule has 0 N–H and O–H groups in total. The minimum Gasteiger partial charge on any atom is -0.346 e. The van der Waals surface area contributed by atoms with Crippen molar-refractivity contribution in [2.24, 2.45) is 0 Å². The summed E-state index contributed by atoms with van der Waals surface area (Å²) < 4.78 is 5.00. The maximum absolute atomic E-state index is 11.1. The predicted molar refractivity (Wildman–Crippen MR) is 80.1 cm³/mol. The fraction of sp³-hybridized carbons (Fsp3) is 0.308.